The highest BCUT2D eigenvalue weighted by Gasteiger charge is 2.40. The second-order valence-corrected chi connectivity index (χ2v) is 7.88. The minimum absolute atomic E-state index is 0.0311. The lowest BCUT2D eigenvalue weighted by Gasteiger charge is -2.48. The molecule has 5 heteroatoms. The number of hydrogen-bond donors (Lipinski definition) is 2. The van der Waals surface area contributed by atoms with Gasteiger partial charge in [-0.25, -0.2) is 0 Å². The van der Waals surface area contributed by atoms with E-state index in [0.29, 0.717) is 6.04 Å². The number of piperazine rings is 1. The Kier molecular flexibility index (Phi) is 5.94. The Balaban J connectivity index is 1.69. The number of rotatable bonds is 4. The summed E-state index contributed by atoms with van der Waals surface area (Å²) in [7, 11) is 2.20. The number of likely N-dealkylation sites (N-methyl/N-ethyl adjacent to an activating group) is 1. The third-order valence-electron chi connectivity index (χ3n) is 6.16. The average Bonchev–Trinajstić information content (AvgIpc) is 2.56. The monoisotopic (exact) mass is 323 g/mol. The molecule has 5 nitrogen and oxygen atoms in total. The fourth-order valence-corrected chi connectivity index (χ4v) is 4.89. The Labute approximate surface area is 140 Å². The molecule has 0 aromatic heterocycles. The molecular formula is C18H33N3O2. The Morgan fingerprint density at radius 3 is 2.65 bits per heavy atom. The van der Waals surface area contributed by atoms with Gasteiger partial charge in [0.2, 0.25) is 0 Å². The first kappa shape index (κ1) is 17.2. The van der Waals surface area contributed by atoms with Crippen molar-refractivity contribution in [2.45, 2.75) is 63.6 Å². The SMILES string of the molecule is CN1CCN(C2NCCCC2C(=O)O)C(CC2CCCCC2)C1. The normalized spacial score (nSPS) is 35.3. The van der Waals surface area contributed by atoms with Gasteiger partial charge in [-0.1, -0.05) is 32.1 Å². The summed E-state index contributed by atoms with van der Waals surface area (Å²) < 4.78 is 0. The van der Waals surface area contributed by atoms with Gasteiger partial charge in [0.15, 0.2) is 0 Å². The first-order valence-corrected chi connectivity index (χ1v) is 9.55. The molecule has 1 saturated carbocycles. The van der Waals surface area contributed by atoms with Crippen LogP contribution in [-0.4, -0.2) is 66.3 Å². The van der Waals surface area contributed by atoms with E-state index in [9.17, 15) is 9.90 Å². The fourth-order valence-electron chi connectivity index (χ4n) is 4.89. The number of carboxylic acids is 1. The maximum Gasteiger partial charge on any atom is 0.309 e. The number of carbonyl (C=O) groups is 1. The van der Waals surface area contributed by atoms with Crippen molar-refractivity contribution < 1.29 is 9.90 Å². The lowest BCUT2D eigenvalue weighted by Crippen LogP contribution is -2.64. The molecule has 0 bridgehead atoms. The number of nitrogens with one attached hydrogen (secondary N) is 1. The maximum atomic E-state index is 11.7. The molecule has 3 rings (SSSR count). The summed E-state index contributed by atoms with van der Waals surface area (Å²) in [6.45, 7) is 4.08. The van der Waals surface area contributed by atoms with Gasteiger partial charge < -0.3 is 15.3 Å². The van der Waals surface area contributed by atoms with Crippen LogP contribution in [0.5, 0.6) is 0 Å². The minimum atomic E-state index is -0.627. The molecule has 2 saturated heterocycles. The van der Waals surface area contributed by atoms with Crippen LogP contribution in [0.4, 0.5) is 0 Å². The van der Waals surface area contributed by atoms with Gasteiger partial charge in [0, 0.05) is 25.7 Å². The topological polar surface area (TPSA) is 55.8 Å². The number of aliphatic carboxylic acids is 1. The van der Waals surface area contributed by atoms with Crippen LogP contribution >= 0.6 is 0 Å². The van der Waals surface area contributed by atoms with Crippen LogP contribution in [0.15, 0.2) is 0 Å². The van der Waals surface area contributed by atoms with Crippen molar-refractivity contribution in [2.24, 2.45) is 11.8 Å². The summed E-state index contributed by atoms with van der Waals surface area (Å²) in [5.74, 6) is -0.0341. The fraction of sp³-hybridized carbons (Fsp3) is 0.944. The van der Waals surface area contributed by atoms with Crippen LogP contribution in [0, 0.1) is 11.8 Å². The second kappa shape index (κ2) is 7.95. The zero-order valence-corrected chi connectivity index (χ0v) is 14.5. The first-order chi connectivity index (χ1) is 11.1. The zero-order chi connectivity index (χ0) is 16.2. The molecule has 0 aromatic carbocycles. The highest BCUT2D eigenvalue weighted by atomic mass is 16.4. The molecule has 0 radical (unpaired) electrons. The van der Waals surface area contributed by atoms with Crippen LogP contribution in [0.3, 0.4) is 0 Å². The predicted octanol–water partition coefficient (Wildman–Crippen LogP) is 1.98. The Morgan fingerprint density at radius 2 is 1.91 bits per heavy atom. The Morgan fingerprint density at radius 1 is 1.13 bits per heavy atom. The van der Waals surface area contributed by atoms with E-state index in [0.717, 1.165) is 44.9 Å². The molecular weight excluding hydrogens is 290 g/mol. The molecule has 23 heavy (non-hydrogen) atoms. The van der Waals surface area contributed by atoms with Gasteiger partial charge in [-0.2, -0.15) is 0 Å². The van der Waals surface area contributed by atoms with Crippen LogP contribution in [0.2, 0.25) is 0 Å². The highest BCUT2D eigenvalue weighted by molar-refractivity contribution is 5.71. The lowest BCUT2D eigenvalue weighted by molar-refractivity contribution is -0.147. The smallest absolute Gasteiger partial charge is 0.309 e. The highest BCUT2D eigenvalue weighted by Crippen LogP contribution is 2.31. The standard InChI is InChI=1S/C18H33N3O2/c1-20-10-11-21(17-16(18(22)23)8-5-9-19-17)15(13-20)12-14-6-3-2-4-7-14/h14-17,19H,2-13H2,1H3,(H,22,23). The van der Waals surface area contributed by atoms with Crippen molar-refractivity contribution in [3.8, 4) is 0 Å². The largest absolute Gasteiger partial charge is 0.481 e. The van der Waals surface area contributed by atoms with E-state index in [1.165, 1.54) is 38.5 Å². The van der Waals surface area contributed by atoms with E-state index in [4.69, 9.17) is 0 Å². The zero-order valence-electron chi connectivity index (χ0n) is 14.5. The Bertz CT molecular complexity index is 398. The number of hydrogen-bond acceptors (Lipinski definition) is 4. The number of nitrogens with zero attached hydrogens (tertiary/aromatic N) is 2. The molecule has 1 aliphatic carbocycles. The van der Waals surface area contributed by atoms with Gasteiger partial charge >= 0.3 is 5.97 Å². The van der Waals surface area contributed by atoms with E-state index in [2.05, 4.69) is 22.2 Å². The van der Waals surface area contributed by atoms with E-state index < -0.39 is 5.97 Å². The van der Waals surface area contributed by atoms with Gasteiger partial charge in [0.1, 0.15) is 0 Å². The van der Waals surface area contributed by atoms with Crippen LogP contribution < -0.4 is 5.32 Å². The summed E-state index contributed by atoms with van der Waals surface area (Å²) >= 11 is 0. The van der Waals surface area contributed by atoms with Crippen molar-refractivity contribution in [2.75, 3.05) is 33.2 Å². The van der Waals surface area contributed by atoms with Crippen molar-refractivity contribution in [3.05, 3.63) is 0 Å². The molecule has 3 unspecified atom stereocenters. The van der Waals surface area contributed by atoms with Crippen LogP contribution in [0.1, 0.15) is 51.4 Å². The van der Waals surface area contributed by atoms with Gasteiger partial charge in [-0.3, -0.25) is 9.69 Å². The summed E-state index contributed by atoms with van der Waals surface area (Å²) in [4.78, 5) is 16.6. The molecule has 0 aromatic rings. The lowest BCUT2D eigenvalue weighted by atomic mass is 9.83. The minimum Gasteiger partial charge on any atom is -0.481 e. The van der Waals surface area contributed by atoms with E-state index >= 15 is 0 Å². The van der Waals surface area contributed by atoms with Gasteiger partial charge in [0.25, 0.3) is 0 Å². The second-order valence-electron chi connectivity index (χ2n) is 7.88. The molecule has 2 heterocycles. The molecule has 3 aliphatic rings. The molecule has 132 valence electrons. The Hall–Kier alpha value is -0.650. The van der Waals surface area contributed by atoms with Crippen molar-refractivity contribution in [1.82, 2.24) is 15.1 Å². The first-order valence-electron chi connectivity index (χ1n) is 9.55. The van der Waals surface area contributed by atoms with Crippen molar-refractivity contribution >= 4 is 5.97 Å². The number of piperidine rings is 1. The molecule has 0 spiro atoms. The maximum absolute atomic E-state index is 11.7. The molecule has 0 amide bonds. The summed E-state index contributed by atoms with van der Waals surface area (Å²) in [5, 5.41) is 13.2. The third-order valence-corrected chi connectivity index (χ3v) is 6.16. The summed E-state index contributed by atoms with van der Waals surface area (Å²) in [6, 6.07) is 0.509. The van der Waals surface area contributed by atoms with E-state index in [1.807, 2.05) is 0 Å². The molecule has 2 aliphatic heterocycles. The summed E-state index contributed by atoms with van der Waals surface area (Å²) in [5.41, 5.74) is 0. The van der Waals surface area contributed by atoms with Crippen molar-refractivity contribution in [1.29, 1.82) is 0 Å². The van der Waals surface area contributed by atoms with E-state index in [1.54, 1.807) is 0 Å². The predicted molar refractivity (Wildman–Crippen MR) is 91.3 cm³/mol. The van der Waals surface area contributed by atoms with Gasteiger partial charge in [-0.05, 0) is 38.8 Å². The average molecular weight is 323 g/mol. The van der Waals surface area contributed by atoms with Crippen LogP contribution in [0.25, 0.3) is 0 Å². The molecule has 3 fully saturated rings. The van der Waals surface area contributed by atoms with Crippen molar-refractivity contribution in [3.63, 3.8) is 0 Å². The van der Waals surface area contributed by atoms with E-state index in [-0.39, 0.29) is 12.1 Å². The number of carboxylic acid groups (broad SMARTS) is 1. The molecule has 3 atom stereocenters. The third kappa shape index (κ3) is 4.25. The van der Waals surface area contributed by atoms with Crippen LogP contribution in [-0.2, 0) is 4.79 Å². The van der Waals surface area contributed by atoms with Gasteiger partial charge in [0.05, 0.1) is 12.1 Å². The van der Waals surface area contributed by atoms with Gasteiger partial charge in [-0.15, -0.1) is 0 Å². The summed E-state index contributed by atoms with van der Waals surface area (Å²) in [6.07, 6.45) is 9.97. The quantitative estimate of drug-likeness (QED) is 0.828. The molecule has 2 N–H and O–H groups in total.